The first-order valence-corrected chi connectivity index (χ1v) is 7.06. The van der Waals surface area contributed by atoms with Gasteiger partial charge in [0.05, 0.1) is 16.0 Å². The van der Waals surface area contributed by atoms with Gasteiger partial charge in [0.15, 0.2) is 0 Å². The Balaban J connectivity index is 2.04. The molecule has 2 nitrogen and oxygen atoms in total. The summed E-state index contributed by atoms with van der Waals surface area (Å²) in [5.74, 6) is 0. The fourth-order valence-corrected chi connectivity index (χ4v) is 4.38. The van der Waals surface area contributed by atoms with Gasteiger partial charge in [-0.25, -0.2) is 0 Å². The molecule has 0 aliphatic carbocycles. The van der Waals surface area contributed by atoms with Crippen LogP contribution in [0, 0.1) is 0 Å². The Morgan fingerprint density at radius 2 is 2.25 bits per heavy atom. The number of rotatable bonds is 0. The molecule has 2 aliphatic heterocycles. The van der Waals surface area contributed by atoms with Crippen LogP contribution < -0.4 is 5.32 Å². The van der Waals surface area contributed by atoms with E-state index in [0.717, 1.165) is 36.7 Å². The number of thiophene rings is 1. The van der Waals surface area contributed by atoms with Crippen molar-refractivity contribution in [2.45, 2.75) is 37.9 Å². The zero-order valence-electron chi connectivity index (χ0n) is 9.38. The second kappa shape index (κ2) is 3.98. The first-order valence-electron chi connectivity index (χ1n) is 5.87. The SMILES string of the molecule is CC1Cc2sc(Cl)cc2C2(CCNCC2)O1. The maximum atomic E-state index is 6.26. The predicted molar refractivity (Wildman–Crippen MR) is 67.4 cm³/mol. The summed E-state index contributed by atoms with van der Waals surface area (Å²) >= 11 is 7.87. The van der Waals surface area contributed by atoms with Crippen molar-refractivity contribution in [3.05, 3.63) is 20.8 Å². The molecule has 2 aliphatic rings. The molecule has 0 saturated carbocycles. The fourth-order valence-electron chi connectivity index (χ4n) is 2.90. The molecule has 88 valence electrons. The molecule has 1 unspecified atom stereocenters. The van der Waals surface area contributed by atoms with Gasteiger partial charge in [-0.05, 0) is 44.5 Å². The number of piperidine rings is 1. The van der Waals surface area contributed by atoms with E-state index in [2.05, 4.69) is 18.3 Å². The van der Waals surface area contributed by atoms with E-state index in [1.807, 2.05) is 0 Å². The summed E-state index contributed by atoms with van der Waals surface area (Å²) in [4.78, 5) is 1.44. The zero-order chi connectivity index (χ0) is 11.2. The summed E-state index contributed by atoms with van der Waals surface area (Å²) in [5.41, 5.74) is 1.31. The van der Waals surface area contributed by atoms with Crippen molar-refractivity contribution < 1.29 is 4.74 Å². The van der Waals surface area contributed by atoms with Crippen LogP contribution in [-0.2, 0) is 16.8 Å². The second-order valence-electron chi connectivity index (χ2n) is 4.76. The van der Waals surface area contributed by atoms with E-state index in [-0.39, 0.29) is 5.60 Å². The molecule has 0 aromatic carbocycles. The molecule has 0 radical (unpaired) electrons. The van der Waals surface area contributed by atoms with Crippen LogP contribution in [0.5, 0.6) is 0 Å². The van der Waals surface area contributed by atoms with Gasteiger partial charge in [0.2, 0.25) is 0 Å². The first kappa shape index (κ1) is 11.0. The Morgan fingerprint density at radius 3 is 3.00 bits per heavy atom. The van der Waals surface area contributed by atoms with E-state index in [9.17, 15) is 0 Å². The summed E-state index contributed by atoms with van der Waals surface area (Å²) in [5, 5.41) is 3.40. The van der Waals surface area contributed by atoms with Gasteiger partial charge in [0.25, 0.3) is 0 Å². The minimum Gasteiger partial charge on any atom is -0.367 e. The molecule has 1 N–H and O–H groups in total. The lowest BCUT2D eigenvalue weighted by atomic mass is 9.82. The summed E-state index contributed by atoms with van der Waals surface area (Å²) in [7, 11) is 0. The molecular weight excluding hydrogens is 242 g/mol. The molecule has 4 heteroatoms. The largest absolute Gasteiger partial charge is 0.367 e. The molecule has 1 aromatic rings. The van der Waals surface area contributed by atoms with Gasteiger partial charge in [-0.3, -0.25) is 0 Å². The monoisotopic (exact) mass is 257 g/mol. The number of ether oxygens (including phenoxy) is 1. The van der Waals surface area contributed by atoms with Gasteiger partial charge in [-0.2, -0.15) is 0 Å². The van der Waals surface area contributed by atoms with E-state index in [1.54, 1.807) is 11.3 Å². The molecule has 0 amide bonds. The van der Waals surface area contributed by atoms with Crippen molar-refractivity contribution in [1.29, 1.82) is 0 Å². The molecule has 1 atom stereocenters. The minimum atomic E-state index is -0.0537. The van der Waals surface area contributed by atoms with Crippen LogP contribution in [0.4, 0.5) is 0 Å². The van der Waals surface area contributed by atoms with Gasteiger partial charge in [-0.1, -0.05) is 11.6 Å². The van der Waals surface area contributed by atoms with Crippen LogP contribution in [0.3, 0.4) is 0 Å². The van der Waals surface area contributed by atoms with Gasteiger partial charge in [0, 0.05) is 11.3 Å². The van der Waals surface area contributed by atoms with E-state index < -0.39 is 0 Å². The highest BCUT2D eigenvalue weighted by Gasteiger charge is 2.42. The van der Waals surface area contributed by atoms with Crippen LogP contribution in [0.15, 0.2) is 6.07 Å². The van der Waals surface area contributed by atoms with Gasteiger partial charge < -0.3 is 10.1 Å². The Morgan fingerprint density at radius 1 is 1.50 bits per heavy atom. The molecule has 1 fully saturated rings. The number of hydrogen-bond donors (Lipinski definition) is 1. The van der Waals surface area contributed by atoms with Gasteiger partial charge in [0.1, 0.15) is 0 Å². The number of fused-ring (bicyclic) bond motifs is 2. The number of halogens is 1. The molecule has 1 saturated heterocycles. The maximum absolute atomic E-state index is 6.26. The van der Waals surface area contributed by atoms with Crippen molar-refractivity contribution >= 4 is 22.9 Å². The van der Waals surface area contributed by atoms with Gasteiger partial charge >= 0.3 is 0 Å². The van der Waals surface area contributed by atoms with Crippen LogP contribution in [0.1, 0.15) is 30.2 Å². The van der Waals surface area contributed by atoms with Crippen molar-refractivity contribution in [2.75, 3.05) is 13.1 Å². The standard InChI is InChI=1S/C12H16ClNOS/c1-8-6-10-9(7-11(13)16-10)12(15-8)2-4-14-5-3-12/h7-8,14H,2-6H2,1H3. The van der Waals surface area contributed by atoms with E-state index in [0.29, 0.717) is 6.10 Å². The van der Waals surface area contributed by atoms with Crippen molar-refractivity contribution in [3.8, 4) is 0 Å². The van der Waals surface area contributed by atoms with Crippen LogP contribution in [0.2, 0.25) is 4.34 Å². The average molecular weight is 258 g/mol. The quantitative estimate of drug-likeness (QED) is 0.772. The summed E-state index contributed by atoms with van der Waals surface area (Å²) in [6.45, 7) is 4.25. The van der Waals surface area contributed by atoms with Crippen LogP contribution in [0.25, 0.3) is 0 Å². The second-order valence-corrected chi connectivity index (χ2v) is 6.53. The van der Waals surface area contributed by atoms with Gasteiger partial charge in [-0.15, -0.1) is 11.3 Å². The third-order valence-corrected chi connectivity index (χ3v) is 4.87. The third-order valence-electron chi connectivity index (χ3n) is 3.58. The molecule has 16 heavy (non-hydrogen) atoms. The number of hydrogen-bond acceptors (Lipinski definition) is 3. The maximum Gasteiger partial charge on any atom is 0.0970 e. The Kier molecular flexibility index (Phi) is 2.75. The fraction of sp³-hybridized carbons (Fsp3) is 0.667. The molecule has 1 aromatic heterocycles. The minimum absolute atomic E-state index is 0.0537. The van der Waals surface area contributed by atoms with Crippen molar-refractivity contribution in [3.63, 3.8) is 0 Å². The Hall–Kier alpha value is -0.0900. The Labute approximate surface area is 105 Å². The normalized spacial score (nSPS) is 28.0. The first-order chi connectivity index (χ1) is 7.70. The lowest BCUT2D eigenvalue weighted by molar-refractivity contribution is -0.119. The molecule has 1 spiro atoms. The molecular formula is C12H16ClNOS. The topological polar surface area (TPSA) is 21.3 Å². The summed E-state index contributed by atoms with van der Waals surface area (Å²) < 4.78 is 7.17. The zero-order valence-corrected chi connectivity index (χ0v) is 11.0. The highest BCUT2D eigenvalue weighted by atomic mass is 35.5. The van der Waals surface area contributed by atoms with E-state index >= 15 is 0 Å². The predicted octanol–water partition coefficient (Wildman–Crippen LogP) is 2.94. The van der Waals surface area contributed by atoms with Crippen molar-refractivity contribution in [1.82, 2.24) is 5.32 Å². The smallest absolute Gasteiger partial charge is 0.0970 e. The summed E-state index contributed by atoms with van der Waals surface area (Å²) in [6, 6.07) is 2.12. The Bertz CT molecular complexity index is 398. The molecule has 3 rings (SSSR count). The lowest BCUT2D eigenvalue weighted by Gasteiger charge is -2.43. The van der Waals surface area contributed by atoms with E-state index in [1.165, 1.54) is 10.4 Å². The highest BCUT2D eigenvalue weighted by Crippen LogP contribution is 2.46. The molecule has 0 bridgehead atoms. The third kappa shape index (κ3) is 1.70. The lowest BCUT2D eigenvalue weighted by Crippen LogP contribution is -2.46. The van der Waals surface area contributed by atoms with E-state index in [4.69, 9.17) is 16.3 Å². The van der Waals surface area contributed by atoms with Crippen LogP contribution in [-0.4, -0.2) is 19.2 Å². The number of nitrogens with one attached hydrogen (secondary N) is 1. The van der Waals surface area contributed by atoms with Crippen LogP contribution >= 0.6 is 22.9 Å². The highest BCUT2D eigenvalue weighted by molar-refractivity contribution is 7.16. The average Bonchev–Trinajstić information content (AvgIpc) is 2.60. The summed E-state index contributed by atoms with van der Waals surface area (Å²) in [6.07, 6.45) is 3.47. The molecule has 3 heterocycles. The van der Waals surface area contributed by atoms with Crippen molar-refractivity contribution in [2.24, 2.45) is 0 Å².